The van der Waals surface area contributed by atoms with E-state index in [-0.39, 0.29) is 12.0 Å². The molecule has 0 saturated heterocycles. The third-order valence-electron chi connectivity index (χ3n) is 3.86. The lowest BCUT2D eigenvalue weighted by Crippen LogP contribution is -2.09. The zero-order chi connectivity index (χ0) is 18.4. The molecule has 1 atom stereocenters. The molecule has 3 aromatic rings. The van der Waals surface area contributed by atoms with Crippen LogP contribution < -0.4 is 10.6 Å². The van der Waals surface area contributed by atoms with Crippen molar-refractivity contribution < 1.29 is 9.53 Å². The Morgan fingerprint density at radius 3 is 2.65 bits per heavy atom. The summed E-state index contributed by atoms with van der Waals surface area (Å²) in [4.78, 5) is 20.3. The Balaban J connectivity index is 1.72. The SMILES string of the molecule is COC(=O)c1cccc(Nc2nccc(NC(C)c3ccccc3)n2)c1. The van der Waals surface area contributed by atoms with Crippen LogP contribution in [0, 0.1) is 0 Å². The molecule has 6 nitrogen and oxygen atoms in total. The molecule has 0 radical (unpaired) electrons. The Morgan fingerprint density at radius 2 is 1.88 bits per heavy atom. The van der Waals surface area contributed by atoms with Crippen molar-refractivity contribution in [1.82, 2.24) is 9.97 Å². The predicted molar refractivity (Wildman–Crippen MR) is 102 cm³/mol. The third-order valence-corrected chi connectivity index (χ3v) is 3.86. The molecular formula is C20H20N4O2. The summed E-state index contributed by atoms with van der Waals surface area (Å²) in [6.45, 7) is 2.07. The number of hydrogen-bond acceptors (Lipinski definition) is 6. The van der Waals surface area contributed by atoms with Crippen molar-refractivity contribution in [3.05, 3.63) is 78.0 Å². The highest BCUT2D eigenvalue weighted by atomic mass is 16.5. The average molecular weight is 348 g/mol. The Morgan fingerprint density at radius 1 is 1.08 bits per heavy atom. The van der Waals surface area contributed by atoms with Gasteiger partial charge in [0, 0.05) is 17.9 Å². The first-order valence-electron chi connectivity index (χ1n) is 8.25. The van der Waals surface area contributed by atoms with E-state index in [4.69, 9.17) is 4.74 Å². The standard InChI is InChI=1S/C20H20N4O2/c1-14(15-7-4-3-5-8-15)22-18-11-12-21-20(24-18)23-17-10-6-9-16(13-17)19(25)26-2/h3-14H,1-2H3,(H2,21,22,23,24). The first-order chi connectivity index (χ1) is 12.7. The molecule has 1 unspecified atom stereocenters. The summed E-state index contributed by atoms with van der Waals surface area (Å²) in [5.41, 5.74) is 2.34. The van der Waals surface area contributed by atoms with E-state index in [1.54, 1.807) is 24.4 Å². The number of esters is 1. The van der Waals surface area contributed by atoms with Crippen molar-refractivity contribution >= 4 is 23.4 Å². The van der Waals surface area contributed by atoms with E-state index >= 15 is 0 Å². The third kappa shape index (κ3) is 4.36. The average Bonchev–Trinajstić information content (AvgIpc) is 2.68. The fraction of sp³-hybridized carbons (Fsp3) is 0.150. The van der Waals surface area contributed by atoms with Gasteiger partial charge in [-0.15, -0.1) is 0 Å². The lowest BCUT2D eigenvalue weighted by molar-refractivity contribution is 0.0601. The van der Waals surface area contributed by atoms with E-state index in [2.05, 4.69) is 39.7 Å². The Kier molecular flexibility index (Phi) is 5.43. The zero-order valence-corrected chi connectivity index (χ0v) is 14.6. The number of ether oxygens (including phenoxy) is 1. The van der Waals surface area contributed by atoms with Crippen LogP contribution in [0.1, 0.15) is 28.9 Å². The molecule has 0 spiro atoms. The van der Waals surface area contributed by atoms with Crippen LogP contribution in [-0.2, 0) is 4.74 Å². The second-order valence-electron chi connectivity index (χ2n) is 5.74. The van der Waals surface area contributed by atoms with Gasteiger partial charge in [-0.2, -0.15) is 4.98 Å². The molecule has 2 aromatic carbocycles. The summed E-state index contributed by atoms with van der Waals surface area (Å²) in [5, 5.41) is 6.46. The monoisotopic (exact) mass is 348 g/mol. The van der Waals surface area contributed by atoms with Crippen LogP contribution in [0.4, 0.5) is 17.5 Å². The number of nitrogens with zero attached hydrogens (tertiary/aromatic N) is 2. The lowest BCUT2D eigenvalue weighted by atomic mass is 10.1. The van der Waals surface area contributed by atoms with E-state index in [0.717, 1.165) is 0 Å². The molecule has 1 heterocycles. The minimum absolute atomic E-state index is 0.113. The minimum Gasteiger partial charge on any atom is -0.465 e. The highest BCUT2D eigenvalue weighted by molar-refractivity contribution is 5.90. The summed E-state index contributed by atoms with van der Waals surface area (Å²) in [7, 11) is 1.36. The van der Waals surface area contributed by atoms with Crippen molar-refractivity contribution in [3.8, 4) is 0 Å². The first kappa shape index (κ1) is 17.4. The summed E-state index contributed by atoms with van der Waals surface area (Å²) in [6, 6.07) is 19.1. The normalized spacial score (nSPS) is 11.5. The molecule has 0 amide bonds. The molecule has 26 heavy (non-hydrogen) atoms. The Bertz CT molecular complexity index is 884. The minimum atomic E-state index is -0.387. The van der Waals surface area contributed by atoms with Gasteiger partial charge in [0.2, 0.25) is 5.95 Å². The van der Waals surface area contributed by atoms with Gasteiger partial charge in [-0.3, -0.25) is 0 Å². The number of methoxy groups -OCH3 is 1. The van der Waals surface area contributed by atoms with Crippen LogP contribution in [-0.4, -0.2) is 23.0 Å². The molecular weight excluding hydrogens is 328 g/mol. The quantitative estimate of drug-likeness (QED) is 0.651. The van der Waals surface area contributed by atoms with Crippen LogP contribution >= 0.6 is 0 Å². The maximum absolute atomic E-state index is 11.6. The molecule has 0 bridgehead atoms. The van der Waals surface area contributed by atoms with E-state index in [1.165, 1.54) is 12.7 Å². The van der Waals surface area contributed by atoms with Crippen LogP contribution in [0.2, 0.25) is 0 Å². The number of carbonyl (C=O) groups excluding carboxylic acids is 1. The Labute approximate surface area is 152 Å². The van der Waals surface area contributed by atoms with Crippen LogP contribution in [0.15, 0.2) is 66.9 Å². The molecule has 3 rings (SSSR count). The van der Waals surface area contributed by atoms with Crippen LogP contribution in [0.25, 0.3) is 0 Å². The van der Waals surface area contributed by atoms with E-state index in [1.807, 2.05) is 30.3 Å². The molecule has 0 aliphatic rings. The summed E-state index contributed by atoms with van der Waals surface area (Å²) in [5.74, 6) is 0.766. The number of rotatable bonds is 6. The van der Waals surface area contributed by atoms with Gasteiger partial charge < -0.3 is 15.4 Å². The van der Waals surface area contributed by atoms with E-state index < -0.39 is 0 Å². The van der Waals surface area contributed by atoms with Crippen LogP contribution in [0.5, 0.6) is 0 Å². The van der Waals surface area contributed by atoms with Gasteiger partial charge in [0.15, 0.2) is 0 Å². The maximum Gasteiger partial charge on any atom is 0.337 e. The fourth-order valence-electron chi connectivity index (χ4n) is 2.52. The van der Waals surface area contributed by atoms with Crippen molar-refractivity contribution in [1.29, 1.82) is 0 Å². The Hall–Kier alpha value is -3.41. The first-order valence-corrected chi connectivity index (χ1v) is 8.25. The van der Waals surface area contributed by atoms with Crippen LogP contribution in [0.3, 0.4) is 0 Å². The summed E-state index contributed by atoms with van der Waals surface area (Å²) < 4.78 is 4.74. The molecule has 0 fully saturated rings. The fourth-order valence-corrected chi connectivity index (χ4v) is 2.52. The summed E-state index contributed by atoms with van der Waals surface area (Å²) >= 11 is 0. The van der Waals surface area contributed by atoms with Gasteiger partial charge in [-0.05, 0) is 36.8 Å². The van der Waals surface area contributed by atoms with E-state index in [0.29, 0.717) is 23.0 Å². The number of anilines is 3. The molecule has 6 heteroatoms. The zero-order valence-electron chi connectivity index (χ0n) is 14.6. The van der Waals surface area contributed by atoms with Gasteiger partial charge in [-0.1, -0.05) is 36.4 Å². The number of hydrogen-bond donors (Lipinski definition) is 2. The highest BCUT2D eigenvalue weighted by Crippen LogP contribution is 2.20. The van der Waals surface area contributed by atoms with Crippen molar-refractivity contribution in [3.63, 3.8) is 0 Å². The van der Waals surface area contributed by atoms with Crippen molar-refractivity contribution in [2.75, 3.05) is 17.7 Å². The predicted octanol–water partition coefficient (Wildman–Crippen LogP) is 4.18. The number of carbonyl (C=O) groups is 1. The van der Waals surface area contributed by atoms with Gasteiger partial charge in [0.1, 0.15) is 5.82 Å². The number of aromatic nitrogens is 2. The molecule has 0 saturated carbocycles. The second-order valence-corrected chi connectivity index (χ2v) is 5.74. The smallest absolute Gasteiger partial charge is 0.337 e. The largest absolute Gasteiger partial charge is 0.465 e. The molecule has 1 aromatic heterocycles. The summed E-state index contributed by atoms with van der Waals surface area (Å²) in [6.07, 6.45) is 1.68. The van der Waals surface area contributed by atoms with E-state index in [9.17, 15) is 4.79 Å². The maximum atomic E-state index is 11.6. The lowest BCUT2D eigenvalue weighted by Gasteiger charge is -2.15. The molecule has 0 aliphatic carbocycles. The van der Waals surface area contributed by atoms with Gasteiger partial charge in [0.25, 0.3) is 0 Å². The van der Waals surface area contributed by atoms with Gasteiger partial charge >= 0.3 is 5.97 Å². The number of nitrogens with one attached hydrogen (secondary N) is 2. The number of benzene rings is 2. The molecule has 0 aliphatic heterocycles. The van der Waals surface area contributed by atoms with Crippen molar-refractivity contribution in [2.24, 2.45) is 0 Å². The molecule has 2 N–H and O–H groups in total. The molecule has 132 valence electrons. The van der Waals surface area contributed by atoms with Crippen molar-refractivity contribution in [2.45, 2.75) is 13.0 Å². The van der Waals surface area contributed by atoms with Gasteiger partial charge in [-0.25, -0.2) is 9.78 Å². The van der Waals surface area contributed by atoms with Gasteiger partial charge in [0.05, 0.1) is 12.7 Å². The highest BCUT2D eigenvalue weighted by Gasteiger charge is 2.08. The second kappa shape index (κ2) is 8.11. The topological polar surface area (TPSA) is 76.1 Å².